The minimum Gasteiger partial charge on any atom is -0.423 e. The van der Waals surface area contributed by atoms with Gasteiger partial charge in [0.15, 0.2) is 5.78 Å². The molecule has 0 aliphatic rings. The molecule has 3 aromatic carbocycles. The van der Waals surface area contributed by atoms with Crippen molar-refractivity contribution in [1.29, 1.82) is 0 Å². The number of carbonyl (C=O) groups excluding carboxylic acids is 2. The van der Waals surface area contributed by atoms with Crippen LogP contribution in [0.3, 0.4) is 0 Å². The number of halogens is 2. The molecule has 0 N–H and O–H groups in total. The Bertz CT molecular complexity index is 1010. The lowest BCUT2D eigenvalue weighted by Gasteiger charge is -2.06. The van der Waals surface area contributed by atoms with Crippen molar-refractivity contribution in [3.8, 4) is 5.75 Å². The monoisotopic (exact) mass is 380 g/mol. The average molecular weight is 381 g/mol. The Hall–Kier alpha value is -3.24. The summed E-state index contributed by atoms with van der Waals surface area (Å²) in [7, 11) is 0. The lowest BCUT2D eigenvalue weighted by Crippen LogP contribution is -2.10. The minimum atomic E-state index is -0.786. The smallest absolute Gasteiger partial charge is 0.346 e. The van der Waals surface area contributed by atoms with Gasteiger partial charge in [-0.25, -0.2) is 9.18 Å². The van der Waals surface area contributed by atoms with Gasteiger partial charge in [0.05, 0.1) is 5.56 Å². The zero-order valence-corrected chi connectivity index (χ0v) is 14.8. The summed E-state index contributed by atoms with van der Waals surface area (Å²) in [6.45, 7) is 0. The molecule has 0 bridgehead atoms. The minimum absolute atomic E-state index is 0.142. The molecule has 0 saturated heterocycles. The lowest BCUT2D eigenvalue weighted by molar-refractivity contribution is 0.0729. The summed E-state index contributed by atoms with van der Waals surface area (Å²) in [5.74, 6) is -1.36. The number of carbonyl (C=O) groups is 2. The fraction of sp³-hybridized carbons (Fsp3) is 0. The molecular formula is C22H14ClFO3. The third-order valence-corrected chi connectivity index (χ3v) is 3.97. The first-order valence-electron chi connectivity index (χ1n) is 8.08. The van der Waals surface area contributed by atoms with Crippen molar-refractivity contribution in [2.45, 2.75) is 0 Å². The highest BCUT2D eigenvalue weighted by Gasteiger charge is 2.13. The number of esters is 1. The van der Waals surface area contributed by atoms with E-state index in [9.17, 15) is 14.0 Å². The highest BCUT2D eigenvalue weighted by molar-refractivity contribution is 6.30. The van der Waals surface area contributed by atoms with E-state index >= 15 is 0 Å². The molecule has 0 aromatic heterocycles. The van der Waals surface area contributed by atoms with Crippen LogP contribution in [0.1, 0.15) is 26.3 Å². The molecule has 0 aliphatic carbocycles. The van der Waals surface area contributed by atoms with Gasteiger partial charge in [-0.05, 0) is 60.2 Å². The predicted octanol–water partition coefficient (Wildman–Crippen LogP) is 5.59. The van der Waals surface area contributed by atoms with Crippen molar-refractivity contribution in [3.63, 3.8) is 0 Å². The molecule has 134 valence electrons. The van der Waals surface area contributed by atoms with Crippen molar-refractivity contribution in [1.82, 2.24) is 0 Å². The van der Waals surface area contributed by atoms with E-state index in [0.717, 1.165) is 0 Å². The van der Waals surface area contributed by atoms with Gasteiger partial charge in [0.1, 0.15) is 11.6 Å². The van der Waals surface area contributed by atoms with Crippen LogP contribution in [-0.4, -0.2) is 11.8 Å². The van der Waals surface area contributed by atoms with E-state index in [1.165, 1.54) is 24.3 Å². The molecule has 0 fully saturated rings. The average Bonchev–Trinajstić information content (AvgIpc) is 2.67. The molecule has 3 aromatic rings. The van der Waals surface area contributed by atoms with Crippen LogP contribution < -0.4 is 4.74 Å². The van der Waals surface area contributed by atoms with Gasteiger partial charge in [-0.3, -0.25) is 4.79 Å². The molecule has 0 aliphatic heterocycles. The molecule has 0 radical (unpaired) electrons. The quantitative estimate of drug-likeness (QED) is 0.250. The van der Waals surface area contributed by atoms with Crippen molar-refractivity contribution >= 4 is 29.4 Å². The van der Waals surface area contributed by atoms with Crippen LogP contribution in [0.5, 0.6) is 5.75 Å². The Morgan fingerprint density at radius 1 is 0.926 bits per heavy atom. The summed E-state index contributed by atoms with van der Waals surface area (Å²) >= 11 is 5.81. The van der Waals surface area contributed by atoms with Crippen LogP contribution in [0.25, 0.3) is 6.08 Å². The number of rotatable bonds is 5. The van der Waals surface area contributed by atoms with Gasteiger partial charge in [-0.2, -0.15) is 0 Å². The zero-order valence-electron chi connectivity index (χ0n) is 14.1. The van der Waals surface area contributed by atoms with E-state index in [1.807, 2.05) is 0 Å². The molecule has 0 spiro atoms. The number of hydrogen-bond acceptors (Lipinski definition) is 3. The fourth-order valence-corrected chi connectivity index (χ4v) is 2.48. The van der Waals surface area contributed by atoms with Crippen LogP contribution in [0.4, 0.5) is 4.39 Å². The number of benzene rings is 3. The maximum absolute atomic E-state index is 13.7. The Morgan fingerprint density at radius 3 is 2.41 bits per heavy atom. The van der Waals surface area contributed by atoms with E-state index in [1.54, 1.807) is 60.7 Å². The molecule has 3 nitrogen and oxygen atoms in total. The van der Waals surface area contributed by atoms with Crippen molar-refractivity contribution in [2.24, 2.45) is 0 Å². The number of hydrogen-bond donors (Lipinski definition) is 0. The molecule has 0 unspecified atom stereocenters. The number of ketones is 1. The summed E-state index contributed by atoms with van der Waals surface area (Å²) in [6, 6.07) is 18.8. The van der Waals surface area contributed by atoms with Gasteiger partial charge in [0.25, 0.3) is 0 Å². The largest absolute Gasteiger partial charge is 0.423 e. The summed E-state index contributed by atoms with van der Waals surface area (Å²) < 4.78 is 18.9. The highest BCUT2D eigenvalue weighted by Crippen LogP contribution is 2.18. The lowest BCUT2D eigenvalue weighted by atomic mass is 10.1. The first-order chi connectivity index (χ1) is 13.0. The summed E-state index contributed by atoms with van der Waals surface area (Å²) in [6.07, 6.45) is 3.03. The molecule has 27 heavy (non-hydrogen) atoms. The SMILES string of the molecule is O=C(/C=C/c1cccc(OC(=O)c2ccccc2F)c1)c1ccc(Cl)cc1. The van der Waals surface area contributed by atoms with E-state index < -0.39 is 11.8 Å². The van der Waals surface area contributed by atoms with Crippen LogP contribution in [0, 0.1) is 5.82 Å². The van der Waals surface area contributed by atoms with Gasteiger partial charge in [0, 0.05) is 10.6 Å². The van der Waals surface area contributed by atoms with Gasteiger partial charge >= 0.3 is 5.97 Å². The Balaban J connectivity index is 1.72. The maximum atomic E-state index is 13.7. The van der Waals surface area contributed by atoms with Crippen LogP contribution in [-0.2, 0) is 0 Å². The maximum Gasteiger partial charge on any atom is 0.346 e. The standard InChI is InChI=1S/C22H14ClFO3/c23-17-11-9-16(10-12-17)21(25)13-8-15-4-3-5-18(14-15)27-22(26)19-6-1-2-7-20(19)24/h1-14H/b13-8+. The zero-order chi connectivity index (χ0) is 19.2. The second-order valence-electron chi connectivity index (χ2n) is 5.65. The molecule has 3 rings (SSSR count). The Morgan fingerprint density at radius 2 is 1.67 bits per heavy atom. The van der Waals surface area contributed by atoms with Gasteiger partial charge in [0.2, 0.25) is 0 Å². The van der Waals surface area contributed by atoms with Crippen LogP contribution in [0.15, 0.2) is 78.9 Å². The second kappa shape index (κ2) is 8.43. The van der Waals surface area contributed by atoms with Crippen molar-refractivity contribution in [3.05, 3.63) is 106 Å². The number of ether oxygens (including phenoxy) is 1. The summed E-state index contributed by atoms with van der Waals surface area (Å²) in [4.78, 5) is 24.2. The normalized spacial score (nSPS) is 10.7. The van der Waals surface area contributed by atoms with Crippen molar-refractivity contribution in [2.75, 3.05) is 0 Å². The van der Waals surface area contributed by atoms with E-state index in [-0.39, 0.29) is 17.1 Å². The molecule has 0 saturated carbocycles. The van der Waals surface area contributed by atoms with Crippen molar-refractivity contribution < 1.29 is 18.7 Å². The van der Waals surface area contributed by atoms with Crippen LogP contribution >= 0.6 is 11.6 Å². The van der Waals surface area contributed by atoms with E-state index in [4.69, 9.17) is 16.3 Å². The third-order valence-electron chi connectivity index (χ3n) is 3.72. The van der Waals surface area contributed by atoms with E-state index in [2.05, 4.69) is 0 Å². The molecular weight excluding hydrogens is 367 g/mol. The third kappa shape index (κ3) is 4.90. The van der Waals surface area contributed by atoms with Gasteiger partial charge < -0.3 is 4.74 Å². The van der Waals surface area contributed by atoms with Gasteiger partial charge in [-0.15, -0.1) is 0 Å². The molecule has 0 atom stereocenters. The topological polar surface area (TPSA) is 43.4 Å². The summed E-state index contributed by atoms with van der Waals surface area (Å²) in [5.41, 5.74) is 1.03. The Labute approximate surface area is 160 Å². The molecule has 5 heteroatoms. The second-order valence-corrected chi connectivity index (χ2v) is 6.08. The highest BCUT2D eigenvalue weighted by atomic mass is 35.5. The van der Waals surface area contributed by atoms with Crippen LogP contribution in [0.2, 0.25) is 5.02 Å². The molecule has 0 heterocycles. The predicted molar refractivity (Wildman–Crippen MR) is 103 cm³/mol. The van der Waals surface area contributed by atoms with Gasteiger partial charge in [-0.1, -0.05) is 41.9 Å². The first kappa shape index (κ1) is 18.5. The Kier molecular flexibility index (Phi) is 5.79. The first-order valence-corrected chi connectivity index (χ1v) is 8.45. The number of allylic oxidation sites excluding steroid dienone is 1. The van der Waals surface area contributed by atoms with E-state index in [0.29, 0.717) is 16.1 Å². The molecule has 0 amide bonds. The summed E-state index contributed by atoms with van der Waals surface area (Å²) in [5, 5.41) is 0.555. The fourth-order valence-electron chi connectivity index (χ4n) is 2.35.